The van der Waals surface area contributed by atoms with Gasteiger partial charge >= 0.3 is 0 Å². The smallest absolute Gasteiger partial charge is 0.239 e. The third-order valence-electron chi connectivity index (χ3n) is 4.82. The van der Waals surface area contributed by atoms with Crippen molar-refractivity contribution in [2.45, 2.75) is 13.8 Å². The van der Waals surface area contributed by atoms with Gasteiger partial charge in [-0.1, -0.05) is 53.6 Å². The first-order chi connectivity index (χ1) is 13.6. The van der Waals surface area contributed by atoms with Gasteiger partial charge in [0, 0.05) is 5.56 Å². The van der Waals surface area contributed by atoms with E-state index in [0.717, 1.165) is 39.4 Å². The number of benzene rings is 3. The summed E-state index contributed by atoms with van der Waals surface area (Å²) in [5.74, 6) is 0.784. The van der Waals surface area contributed by atoms with Crippen LogP contribution in [-0.2, 0) is 0 Å². The molecule has 4 aromatic rings. The zero-order valence-electron chi connectivity index (χ0n) is 16.2. The van der Waals surface area contributed by atoms with Crippen molar-refractivity contribution >= 4 is 0 Å². The summed E-state index contributed by atoms with van der Waals surface area (Å²) >= 11 is 0. The van der Waals surface area contributed by atoms with Crippen LogP contribution >= 0.6 is 0 Å². The normalized spacial score (nSPS) is 10.8. The lowest BCUT2D eigenvalue weighted by atomic mass is 9.99. The van der Waals surface area contributed by atoms with E-state index in [0.29, 0.717) is 0 Å². The molecule has 0 bridgehead atoms. The van der Waals surface area contributed by atoms with Crippen molar-refractivity contribution in [3.63, 3.8) is 0 Å². The Balaban J connectivity index is 1.98. The highest BCUT2D eigenvalue weighted by atomic mass is 16.5. The number of nitrogens with zero attached hydrogens (tertiary/aromatic N) is 2. The number of hydrogen-bond donors (Lipinski definition) is 1. The molecule has 0 saturated carbocycles. The van der Waals surface area contributed by atoms with Crippen LogP contribution in [-0.4, -0.2) is 22.0 Å². The Morgan fingerprint density at radius 3 is 2.18 bits per heavy atom. The van der Waals surface area contributed by atoms with Crippen LogP contribution < -0.4 is 4.74 Å². The standard InChI is InChI=1S/C24H22N2O2/c1-16-7-9-18(10-8-16)22-23(19-6-4-5-17(2)15-19)26(25-24(22)27)20-11-13-21(28-3)14-12-20/h4-15H,1-3H3,(H,25,27). The predicted octanol–water partition coefficient (Wildman–Crippen LogP) is 5.54. The molecule has 0 fully saturated rings. The summed E-state index contributed by atoms with van der Waals surface area (Å²) in [6.45, 7) is 4.11. The summed E-state index contributed by atoms with van der Waals surface area (Å²) in [6, 6.07) is 24.0. The summed E-state index contributed by atoms with van der Waals surface area (Å²) in [6.07, 6.45) is 0. The zero-order chi connectivity index (χ0) is 19.7. The minimum atomic E-state index is 0.0103. The van der Waals surface area contributed by atoms with E-state index in [2.05, 4.69) is 24.2 Å². The molecular weight excluding hydrogens is 348 g/mol. The summed E-state index contributed by atoms with van der Waals surface area (Å²) < 4.78 is 7.06. The molecule has 4 heteroatoms. The van der Waals surface area contributed by atoms with Gasteiger partial charge in [-0.05, 0) is 49.7 Å². The number of hydrogen-bond acceptors (Lipinski definition) is 3. The van der Waals surface area contributed by atoms with Crippen LogP contribution in [0.25, 0.3) is 28.1 Å². The number of aromatic hydroxyl groups is 1. The summed E-state index contributed by atoms with van der Waals surface area (Å²) in [4.78, 5) is 0. The molecule has 4 nitrogen and oxygen atoms in total. The van der Waals surface area contributed by atoms with E-state index in [9.17, 15) is 5.11 Å². The van der Waals surface area contributed by atoms with Crippen LogP contribution in [0.4, 0.5) is 0 Å². The number of rotatable bonds is 4. The molecule has 0 atom stereocenters. The van der Waals surface area contributed by atoms with E-state index < -0.39 is 0 Å². The van der Waals surface area contributed by atoms with Crippen molar-refractivity contribution in [2.75, 3.05) is 7.11 Å². The van der Waals surface area contributed by atoms with Crippen LogP contribution in [0.15, 0.2) is 72.8 Å². The van der Waals surface area contributed by atoms with Gasteiger partial charge in [0.2, 0.25) is 5.88 Å². The highest BCUT2D eigenvalue weighted by molar-refractivity contribution is 5.86. The Morgan fingerprint density at radius 1 is 0.821 bits per heavy atom. The van der Waals surface area contributed by atoms with E-state index in [1.807, 2.05) is 67.6 Å². The molecule has 3 aromatic carbocycles. The molecule has 1 heterocycles. The molecule has 4 rings (SSSR count). The quantitative estimate of drug-likeness (QED) is 0.513. The van der Waals surface area contributed by atoms with E-state index in [4.69, 9.17) is 4.74 Å². The molecule has 0 unspecified atom stereocenters. The largest absolute Gasteiger partial charge is 0.497 e. The van der Waals surface area contributed by atoms with Gasteiger partial charge in [-0.3, -0.25) is 0 Å². The van der Waals surface area contributed by atoms with Gasteiger partial charge in [0.05, 0.1) is 24.1 Å². The number of ether oxygens (including phenoxy) is 1. The van der Waals surface area contributed by atoms with E-state index in [-0.39, 0.29) is 5.88 Å². The maximum atomic E-state index is 10.8. The number of aromatic nitrogens is 2. The fourth-order valence-electron chi connectivity index (χ4n) is 3.36. The van der Waals surface area contributed by atoms with Crippen molar-refractivity contribution < 1.29 is 9.84 Å². The molecule has 0 radical (unpaired) electrons. The molecule has 0 aliphatic heterocycles. The minimum Gasteiger partial charge on any atom is -0.497 e. The first-order valence-electron chi connectivity index (χ1n) is 9.17. The second kappa shape index (κ2) is 7.24. The third kappa shape index (κ3) is 3.25. The Bertz CT molecular complexity index is 1110. The zero-order valence-corrected chi connectivity index (χ0v) is 16.2. The molecule has 0 amide bonds. The van der Waals surface area contributed by atoms with E-state index in [1.54, 1.807) is 11.8 Å². The third-order valence-corrected chi connectivity index (χ3v) is 4.82. The van der Waals surface area contributed by atoms with Crippen LogP contribution in [0.3, 0.4) is 0 Å². The van der Waals surface area contributed by atoms with E-state index in [1.165, 1.54) is 5.56 Å². The predicted molar refractivity (Wildman–Crippen MR) is 112 cm³/mol. The first kappa shape index (κ1) is 17.9. The van der Waals surface area contributed by atoms with Crippen LogP contribution in [0.2, 0.25) is 0 Å². The monoisotopic (exact) mass is 370 g/mol. The summed E-state index contributed by atoms with van der Waals surface area (Å²) in [5.41, 5.74) is 6.68. The molecule has 0 saturated heterocycles. The Morgan fingerprint density at radius 2 is 1.54 bits per heavy atom. The molecular formula is C24H22N2O2. The average Bonchev–Trinajstić information content (AvgIpc) is 3.06. The van der Waals surface area contributed by atoms with Crippen molar-refractivity contribution in [1.29, 1.82) is 0 Å². The molecule has 0 aliphatic rings. The van der Waals surface area contributed by atoms with Gasteiger partial charge in [0.25, 0.3) is 0 Å². The summed E-state index contributed by atoms with van der Waals surface area (Å²) in [5, 5.41) is 15.2. The molecule has 28 heavy (non-hydrogen) atoms. The Hall–Kier alpha value is -3.53. The van der Waals surface area contributed by atoms with Crippen LogP contribution in [0.1, 0.15) is 11.1 Å². The average molecular weight is 370 g/mol. The lowest BCUT2D eigenvalue weighted by Gasteiger charge is -2.11. The van der Waals surface area contributed by atoms with Gasteiger partial charge in [-0.25, -0.2) is 4.68 Å². The Labute approximate surface area is 164 Å². The van der Waals surface area contributed by atoms with Gasteiger partial charge in [0.1, 0.15) is 5.75 Å². The lowest BCUT2D eigenvalue weighted by Crippen LogP contribution is -2.00. The minimum absolute atomic E-state index is 0.0103. The van der Waals surface area contributed by atoms with Crippen molar-refractivity contribution in [3.8, 4) is 39.7 Å². The van der Waals surface area contributed by atoms with Crippen molar-refractivity contribution in [2.24, 2.45) is 0 Å². The highest BCUT2D eigenvalue weighted by Crippen LogP contribution is 2.40. The van der Waals surface area contributed by atoms with Crippen LogP contribution in [0, 0.1) is 13.8 Å². The summed E-state index contributed by atoms with van der Waals surface area (Å²) in [7, 11) is 1.64. The molecule has 0 spiro atoms. The molecule has 0 aliphatic carbocycles. The van der Waals surface area contributed by atoms with Gasteiger partial charge in [-0.15, -0.1) is 5.10 Å². The maximum Gasteiger partial charge on any atom is 0.239 e. The van der Waals surface area contributed by atoms with Crippen molar-refractivity contribution in [1.82, 2.24) is 9.78 Å². The Kier molecular flexibility index (Phi) is 4.62. The van der Waals surface area contributed by atoms with E-state index >= 15 is 0 Å². The topological polar surface area (TPSA) is 47.3 Å². The highest BCUT2D eigenvalue weighted by Gasteiger charge is 2.21. The number of aryl methyl sites for hydroxylation is 2. The molecule has 1 aromatic heterocycles. The first-order valence-corrected chi connectivity index (χ1v) is 9.17. The fourth-order valence-corrected chi connectivity index (χ4v) is 3.36. The lowest BCUT2D eigenvalue weighted by molar-refractivity contribution is 0.414. The van der Waals surface area contributed by atoms with Gasteiger partial charge in [-0.2, -0.15) is 0 Å². The SMILES string of the molecule is COc1ccc(-n2nc(O)c(-c3ccc(C)cc3)c2-c2cccc(C)c2)cc1. The van der Waals surface area contributed by atoms with Gasteiger partial charge in [0.15, 0.2) is 0 Å². The molecule has 1 N–H and O–H groups in total. The molecule has 140 valence electrons. The fraction of sp³-hybridized carbons (Fsp3) is 0.125. The second-order valence-corrected chi connectivity index (χ2v) is 6.89. The second-order valence-electron chi connectivity index (χ2n) is 6.89. The van der Waals surface area contributed by atoms with Gasteiger partial charge < -0.3 is 9.84 Å². The number of methoxy groups -OCH3 is 1. The van der Waals surface area contributed by atoms with Crippen LogP contribution in [0.5, 0.6) is 11.6 Å². The maximum absolute atomic E-state index is 10.8. The van der Waals surface area contributed by atoms with Crippen molar-refractivity contribution in [3.05, 3.63) is 83.9 Å².